The lowest BCUT2D eigenvalue weighted by Crippen LogP contribution is -2.28. The Kier molecular flexibility index (Phi) is 3.76. The summed E-state index contributed by atoms with van der Waals surface area (Å²) in [5.74, 6) is -0.478. The van der Waals surface area contributed by atoms with Crippen molar-refractivity contribution in [3.8, 4) is 0 Å². The predicted octanol–water partition coefficient (Wildman–Crippen LogP) is 1.34. The van der Waals surface area contributed by atoms with Gasteiger partial charge in [0, 0.05) is 17.4 Å². The van der Waals surface area contributed by atoms with Crippen LogP contribution in [0.1, 0.15) is 17.3 Å². The minimum Gasteiger partial charge on any atom is -0.324 e. The van der Waals surface area contributed by atoms with Crippen LogP contribution in [-0.4, -0.2) is 25.9 Å². The molecule has 0 aliphatic rings. The second kappa shape index (κ2) is 5.88. The summed E-state index contributed by atoms with van der Waals surface area (Å²) in [6, 6.07) is 11.8. The highest BCUT2D eigenvalue weighted by Gasteiger charge is 2.11. The van der Waals surface area contributed by atoms with E-state index in [0.29, 0.717) is 16.9 Å². The number of anilines is 1. The number of carbonyl (C=O) groups excluding carboxylic acids is 2. The number of nitrogens with zero attached hydrogens (tertiary/aromatic N) is 3. The van der Waals surface area contributed by atoms with Crippen molar-refractivity contribution in [3.05, 3.63) is 64.7 Å². The van der Waals surface area contributed by atoms with Gasteiger partial charge in [-0.3, -0.25) is 14.0 Å². The maximum Gasteiger partial charge on any atom is 0.350 e. The number of carbonyl (C=O) groups is 2. The molecule has 23 heavy (non-hydrogen) atoms. The quantitative estimate of drug-likeness (QED) is 0.737. The Morgan fingerprint density at radius 2 is 2.00 bits per heavy atom. The average Bonchev–Trinajstić information content (AvgIpc) is 2.84. The molecule has 0 saturated carbocycles. The van der Waals surface area contributed by atoms with Crippen LogP contribution in [0.4, 0.5) is 5.69 Å². The van der Waals surface area contributed by atoms with Crippen LogP contribution in [0.15, 0.2) is 53.5 Å². The third-order valence-electron chi connectivity index (χ3n) is 3.33. The topological polar surface area (TPSA) is 85.5 Å². The fourth-order valence-electron chi connectivity index (χ4n) is 2.22. The summed E-state index contributed by atoms with van der Waals surface area (Å²) < 4.78 is 2.46. The molecule has 116 valence electrons. The molecule has 2 aromatic heterocycles. The lowest BCUT2D eigenvalue weighted by atomic mass is 10.1. The van der Waals surface area contributed by atoms with Gasteiger partial charge >= 0.3 is 5.69 Å². The van der Waals surface area contributed by atoms with E-state index in [9.17, 15) is 14.4 Å². The highest BCUT2D eigenvalue weighted by Crippen LogP contribution is 2.11. The molecule has 1 aromatic carbocycles. The van der Waals surface area contributed by atoms with Crippen LogP contribution in [0.3, 0.4) is 0 Å². The van der Waals surface area contributed by atoms with Crippen molar-refractivity contribution in [2.45, 2.75) is 13.5 Å². The summed E-state index contributed by atoms with van der Waals surface area (Å²) in [5.41, 5.74) is 1.10. The van der Waals surface area contributed by atoms with Crippen molar-refractivity contribution >= 4 is 23.0 Å². The molecule has 7 heteroatoms. The molecule has 0 atom stereocenters. The molecule has 3 aromatic rings. The molecule has 1 amide bonds. The third kappa shape index (κ3) is 3.03. The van der Waals surface area contributed by atoms with Crippen molar-refractivity contribution in [2.75, 3.05) is 5.32 Å². The Balaban J connectivity index is 1.79. The fourth-order valence-corrected chi connectivity index (χ4v) is 2.22. The second-order valence-electron chi connectivity index (χ2n) is 5.05. The van der Waals surface area contributed by atoms with E-state index in [-0.39, 0.29) is 18.0 Å². The first-order valence-corrected chi connectivity index (χ1v) is 6.99. The maximum atomic E-state index is 12.1. The Morgan fingerprint density at radius 3 is 2.74 bits per heavy atom. The van der Waals surface area contributed by atoms with Crippen LogP contribution < -0.4 is 11.0 Å². The van der Waals surface area contributed by atoms with Crippen LogP contribution >= 0.6 is 0 Å². The van der Waals surface area contributed by atoms with Gasteiger partial charge in [0.1, 0.15) is 6.54 Å². The highest BCUT2D eigenvalue weighted by atomic mass is 16.2. The Bertz CT molecular complexity index is 955. The summed E-state index contributed by atoms with van der Waals surface area (Å²) >= 11 is 0. The van der Waals surface area contributed by atoms with Crippen molar-refractivity contribution in [2.24, 2.45) is 0 Å². The van der Waals surface area contributed by atoms with E-state index in [2.05, 4.69) is 10.4 Å². The number of rotatable bonds is 4. The zero-order chi connectivity index (χ0) is 16.4. The Labute approximate surface area is 131 Å². The van der Waals surface area contributed by atoms with Gasteiger partial charge in [-0.05, 0) is 31.2 Å². The zero-order valence-electron chi connectivity index (χ0n) is 12.4. The van der Waals surface area contributed by atoms with E-state index in [4.69, 9.17) is 0 Å². The maximum absolute atomic E-state index is 12.1. The molecule has 0 bridgehead atoms. The molecule has 1 N–H and O–H groups in total. The summed E-state index contributed by atoms with van der Waals surface area (Å²) in [5, 5.41) is 6.75. The number of fused-ring (bicyclic) bond motifs is 1. The van der Waals surface area contributed by atoms with E-state index in [1.807, 2.05) is 0 Å². The summed E-state index contributed by atoms with van der Waals surface area (Å²) in [4.78, 5) is 35.5. The lowest BCUT2D eigenvalue weighted by Gasteiger charge is -2.05. The van der Waals surface area contributed by atoms with Crippen molar-refractivity contribution in [1.29, 1.82) is 0 Å². The van der Waals surface area contributed by atoms with Crippen LogP contribution in [0.5, 0.6) is 0 Å². The molecule has 0 aliphatic heterocycles. The number of hydrogen-bond acceptors (Lipinski definition) is 4. The standard InChI is InChI=1S/C16H14N4O3/c1-11(21)12-5-4-6-13(9-12)17-15(22)10-20-16(23)19-8-3-2-7-14(19)18-20/h2-9H,10H2,1H3,(H,17,22). The minimum atomic E-state index is -0.392. The number of hydrogen-bond donors (Lipinski definition) is 1. The van der Waals surface area contributed by atoms with E-state index < -0.39 is 5.91 Å². The van der Waals surface area contributed by atoms with Crippen LogP contribution in [0.2, 0.25) is 0 Å². The molecule has 7 nitrogen and oxygen atoms in total. The van der Waals surface area contributed by atoms with Crippen molar-refractivity contribution in [1.82, 2.24) is 14.2 Å². The molecular formula is C16H14N4O3. The molecule has 0 spiro atoms. The van der Waals surface area contributed by atoms with E-state index in [1.54, 1.807) is 48.7 Å². The van der Waals surface area contributed by atoms with Crippen LogP contribution in [0, 0.1) is 0 Å². The first-order valence-electron chi connectivity index (χ1n) is 6.99. The molecule has 0 radical (unpaired) electrons. The Hall–Kier alpha value is -3.22. The van der Waals surface area contributed by atoms with Crippen LogP contribution in [-0.2, 0) is 11.3 Å². The molecule has 3 rings (SSSR count). The monoisotopic (exact) mass is 310 g/mol. The van der Waals surface area contributed by atoms with Gasteiger partial charge in [0.05, 0.1) is 0 Å². The Morgan fingerprint density at radius 1 is 1.17 bits per heavy atom. The lowest BCUT2D eigenvalue weighted by molar-refractivity contribution is -0.117. The van der Waals surface area contributed by atoms with Crippen molar-refractivity contribution < 1.29 is 9.59 Å². The molecule has 0 fully saturated rings. The van der Waals surface area contributed by atoms with Gasteiger partial charge in [-0.1, -0.05) is 18.2 Å². The minimum absolute atomic E-state index is 0.0855. The SMILES string of the molecule is CC(=O)c1cccc(NC(=O)Cn2nc3ccccn3c2=O)c1. The second-order valence-corrected chi connectivity index (χ2v) is 5.05. The van der Waals surface area contributed by atoms with Gasteiger partial charge < -0.3 is 5.32 Å². The van der Waals surface area contributed by atoms with Gasteiger partial charge in [0.15, 0.2) is 11.4 Å². The number of nitrogens with one attached hydrogen (secondary N) is 1. The zero-order valence-corrected chi connectivity index (χ0v) is 12.4. The van der Waals surface area contributed by atoms with Gasteiger partial charge in [0.2, 0.25) is 5.91 Å². The fraction of sp³-hybridized carbons (Fsp3) is 0.125. The summed E-state index contributed by atoms with van der Waals surface area (Å²) in [6.45, 7) is 1.25. The van der Waals surface area contributed by atoms with E-state index >= 15 is 0 Å². The number of pyridine rings is 1. The first kappa shape index (κ1) is 14.7. The van der Waals surface area contributed by atoms with E-state index in [1.165, 1.54) is 11.3 Å². The van der Waals surface area contributed by atoms with Gasteiger partial charge in [-0.2, -0.15) is 0 Å². The predicted molar refractivity (Wildman–Crippen MR) is 84.5 cm³/mol. The number of benzene rings is 1. The molecular weight excluding hydrogens is 296 g/mol. The molecule has 0 aliphatic carbocycles. The molecule has 0 unspecified atom stereocenters. The van der Waals surface area contributed by atoms with Crippen LogP contribution in [0.25, 0.3) is 5.65 Å². The van der Waals surface area contributed by atoms with E-state index in [0.717, 1.165) is 4.68 Å². The van der Waals surface area contributed by atoms with Gasteiger partial charge in [-0.25, -0.2) is 9.48 Å². The molecule has 0 saturated heterocycles. The van der Waals surface area contributed by atoms with Crippen molar-refractivity contribution in [3.63, 3.8) is 0 Å². The van der Waals surface area contributed by atoms with Gasteiger partial charge in [-0.15, -0.1) is 5.10 Å². The molecule has 2 heterocycles. The summed E-state index contributed by atoms with van der Waals surface area (Å²) in [6.07, 6.45) is 1.59. The summed E-state index contributed by atoms with van der Waals surface area (Å²) in [7, 11) is 0. The smallest absolute Gasteiger partial charge is 0.324 e. The van der Waals surface area contributed by atoms with Gasteiger partial charge in [0.25, 0.3) is 0 Å². The number of amides is 1. The average molecular weight is 310 g/mol. The number of aromatic nitrogens is 3. The normalized spacial score (nSPS) is 10.7. The number of ketones is 1. The number of Topliss-reactive ketones (excluding diaryl/α,β-unsaturated/α-hetero) is 1. The third-order valence-corrected chi connectivity index (χ3v) is 3.33. The largest absolute Gasteiger partial charge is 0.350 e. The first-order chi connectivity index (χ1) is 11.0. The highest BCUT2D eigenvalue weighted by molar-refractivity contribution is 5.97.